The molecule has 1 aromatic carbocycles. The van der Waals surface area contributed by atoms with Crippen LogP contribution in [0.2, 0.25) is 0 Å². The summed E-state index contributed by atoms with van der Waals surface area (Å²) < 4.78 is 5.15. The van der Waals surface area contributed by atoms with E-state index < -0.39 is 0 Å². The molecule has 0 radical (unpaired) electrons. The Morgan fingerprint density at radius 1 is 1.33 bits per heavy atom. The zero-order chi connectivity index (χ0) is 12.7. The average molecular weight is 242 g/mol. The Morgan fingerprint density at radius 3 is 2.72 bits per heavy atom. The molecule has 0 N–H and O–H groups in total. The number of ether oxygens (including phenoxy) is 1. The topological polar surface area (TPSA) is 70.4 Å². The molecule has 2 unspecified atom stereocenters. The van der Waals surface area contributed by atoms with Gasteiger partial charge in [-0.1, -0.05) is 6.07 Å². The summed E-state index contributed by atoms with van der Waals surface area (Å²) in [5, 5.41) is 8.44. The lowest BCUT2D eigenvalue weighted by atomic mass is 10.2. The van der Waals surface area contributed by atoms with Crippen molar-refractivity contribution in [2.45, 2.75) is 6.42 Å². The van der Waals surface area contributed by atoms with Gasteiger partial charge in [0.05, 0.1) is 17.5 Å². The van der Waals surface area contributed by atoms with Gasteiger partial charge in [-0.3, -0.25) is 9.59 Å². The van der Waals surface area contributed by atoms with Crippen LogP contribution in [-0.2, 0) is 9.59 Å². The smallest absolute Gasteiger partial charge is 0.237 e. The lowest BCUT2D eigenvalue weighted by molar-refractivity contribution is -0.123. The normalized spacial score (nSPS) is 24.7. The Labute approximate surface area is 104 Å². The van der Waals surface area contributed by atoms with E-state index in [1.165, 1.54) is 4.90 Å². The van der Waals surface area contributed by atoms with Crippen LogP contribution in [0.25, 0.3) is 0 Å². The minimum absolute atomic E-state index is 0.0589. The number of anilines is 1. The van der Waals surface area contributed by atoms with E-state index >= 15 is 0 Å². The fourth-order valence-corrected chi connectivity index (χ4v) is 2.26. The standard InChI is InChI=1S/C13H10N2O3/c14-4-5-18-9-3-1-2-8(6-9)15-12(16)10-7-11(10)13(15)17/h1-3,6,10-11H,5,7H2. The van der Waals surface area contributed by atoms with Crippen molar-refractivity contribution in [2.24, 2.45) is 11.8 Å². The van der Waals surface area contributed by atoms with Gasteiger partial charge in [0, 0.05) is 6.07 Å². The minimum atomic E-state index is -0.123. The molecule has 1 saturated heterocycles. The fourth-order valence-electron chi connectivity index (χ4n) is 2.26. The van der Waals surface area contributed by atoms with Gasteiger partial charge in [-0.05, 0) is 18.6 Å². The first-order chi connectivity index (χ1) is 8.72. The number of imide groups is 1. The van der Waals surface area contributed by atoms with Crippen LogP contribution in [0.3, 0.4) is 0 Å². The van der Waals surface area contributed by atoms with Crippen molar-refractivity contribution >= 4 is 17.5 Å². The monoisotopic (exact) mass is 242 g/mol. The summed E-state index contributed by atoms with van der Waals surface area (Å²) in [5.41, 5.74) is 0.521. The summed E-state index contributed by atoms with van der Waals surface area (Å²) in [4.78, 5) is 25.0. The SMILES string of the molecule is N#CCOc1cccc(N2C(=O)C3CC3C2=O)c1. The first-order valence-electron chi connectivity index (χ1n) is 5.70. The van der Waals surface area contributed by atoms with Crippen LogP contribution in [0.1, 0.15) is 6.42 Å². The molecule has 1 heterocycles. The number of benzene rings is 1. The Hall–Kier alpha value is -2.35. The van der Waals surface area contributed by atoms with E-state index in [9.17, 15) is 9.59 Å². The highest BCUT2D eigenvalue weighted by Gasteiger charge is 2.59. The van der Waals surface area contributed by atoms with Gasteiger partial charge >= 0.3 is 0 Å². The number of carbonyl (C=O) groups is 2. The third-order valence-corrected chi connectivity index (χ3v) is 3.24. The molecule has 0 aromatic heterocycles. The summed E-state index contributed by atoms with van der Waals surface area (Å²) in [6.07, 6.45) is 0.693. The van der Waals surface area contributed by atoms with E-state index in [2.05, 4.69) is 0 Å². The van der Waals surface area contributed by atoms with Gasteiger partial charge in [-0.2, -0.15) is 5.26 Å². The molecule has 1 aliphatic carbocycles. The van der Waals surface area contributed by atoms with Gasteiger partial charge in [0.15, 0.2) is 6.61 Å². The van der Waals surface area contributed by atoms with E-state index in [0.717, 1.165) is 0 Å². The Bertz CT molecular complexity index is 556. The summed E-state index contributed by atoms with van der Waals surface area (Å²) >= 11 is 0. The number of hydrogen-bond donors (Lipinski definition) is 0. The molecule has 1 aromatic rings. The molecule has 5 heteroatoms. The zero-order valence-electron chi connectivity index (χ0n) is 9.50. The predicted octanol–water partition coefficient (Wildman–Crippen LogP) is 1.10. The molecule has 1 aliphatic heterocycles. The van der Waals surface area contributed by atoms with E-state index in [-0.39, 0.29) is 30.3 Å². The molecule has 2 amide bonds. The third kappa shape index (κ3) is 1.54. The number of nitrogens with zero attached hydrogens (tertiary/aromatic N) is 2. The van der Waals surface area contributed by atoms with E-state index in [1.54, 1.807) is 24.3 Å². The Morgan fingerprint density at radius 2 is 2.06 bits per heavy atom. The van der Waals surface area contributed by atoms with Crippen LogP contribution >= 0.6 is 0 Å². The van der Waals surface area contributed by atoms with Crippen molar-refractivity contribution in [2.75, 3.05) is 11.5 Å². The first-order valence-corrected chi connectivity index (χ1v) is 5.70. The van der Waals surface area contributed by atoms with Crippen molar-refractivity contribution in [1.82, 2.24) is 0 Å². The highest BCUT2D eigenvalue weighted by atomic mass is 16.5. The first kappa shape index (κ1) is 10.8. The second-order valence-electron chi connectivity index (χ2n) is 4.40. The van der Waals surface area contributed by atoms with Crippen LogP contribution in [0.5, 0.6) is 5.75 Å². The van der Waals surface area contributed by atoms with Gasteiger partial charge in [0.1, 0.15) is 11.8 Å². The minimum Gasteiger partial charge on any atom is -0.479 e. The maximum atomic E-state index is 11.9. The highest BCUT2D eigenvalue weighted by molar-refractivity contribution is 6.24. The van der Waals surface area contributed by atoms with E-state index in [1.807, 2.05) is 6.07 Å². The van der Waals surface area contributed by atoms with Crippen molar-refractivity contribution in [3.05, 3.63) is 24.3 Å². The van der Waals surface area contributed by atoms with Crippen LogP contribution < -0.4 is 9.64 Å². The molecule has 3 rings (SSSR count). The van der Waals surface area contributed by atoms with Crippen molar-refractivity contribution < 1.29 is 14.3 Å². The summed E-state index contributed by atoms with van der Waals surface area (Å²) in [6.45, 7) is -0.0589. The molecule has 0 spiro atoms. The van der Waals surface area contributed by atoms with Crippen molar-refractivity contribution in [1.29, 1.82) is 5.26 Å². The van der Waals surface area contributed by atoms with Crippen LogP contribution in [0.15, 0.2) is 24.3 Å². The summed E-state index contributed by atoms with van der Waals surface area (Å²) in [5.74, 6) is 0.0162. The van der Waals surface area contributed by atoms with Crippen LogP contribution in [0, 0.1) is 23.2 Å². The molecule has 90 valence electrons. The van der Waals surface area contributed by atoms with Crippen LogP contribution in [0.4, 0.5) is 5.69 Å². The van der Waals surface area contributed by atoms with Gasteiger partial charge in [0.25, 0.3) is 0 Å². The maximum Gasteiger partial charge on any atom is 0.237 e. The highest BCUT2D eigenvalue weighted by Crippen LogP contribution is 2.48. The quantitative estimate of drug-likeness (QED) is 0.744. The van der Waals surface area contributed by atoms with Crippen molar-refractivity contribution in [3.8, 4) is 11.8 Å². The maximum absolute atomic E-state index is 11.9. The number of piperidine rings is 1. The van der Waals surface area contributed by atoms with Crippen molar-refractivity contribution in [3.63, 3.8) is 0 Å². The van der Waals surface area contributed by atoms with Gasteiger partial charge in [-0.25, -0.2) is 4.90 Å². The molecule has 2 aliphatic rings. The number of amides is 2. The van der Waals surface area contributed by atoms with Crippen LogP contribution in [-0.4, -0.2) is 18.4 Å². The number of fused-ring (bicyclic) bond motifs is 1. The second kappa shape index (κ2) is 3.84. The van der Waals surface area contributed by atoms with Gasteiger partial charge < -0.3 is 4.74 Å². The van der Waals surface area contributed by atoms with E-state index in [0.29, 0.717) is 17.9 Å². The summed E-state index contributed by atoms with van der Waals surface area (Å²) in [7, 11) is 0. The zero-order valence-corrected chi connectivity index (χ0v) is 9.50. The number of hydrogen-bond acceptors (Lipinski definition) is 4. The molecular weight excluding hydrogens is 232 g/mol. The van der Waals surface area contributed by atoms with E-state index in [4.69, 9.17) is 10.00 Å². The molecular formula is C13H10N2O3. The Kier molecular flexibility index (Phi) is 2.30. The van der Waals surface area contributed by atoms with Gasteiger partial charge in [0.2, 0.25) is 11.8 Å². The molecule has 18 heavy (non-hydrogen) atoms. The fraction of sp³-hybridized carbons (Fsp3) is 0.308. The molecule has 2 atom stereocenters. The molecule has 1 saturated carbocycles. The third-order valence-electron chi connectivity index (χ3n) is 3.24. The molecule has 0 bridgehead atoms. The molecule has 5 nitrogen and oxygen atoms in total. The average Bonchev–Trinajstić information content (AvgIpc) is 3.12. The Balaban J connectivity index is 1.86. The lowest BCUT2D eigenvalue weighted by Gasteiger charge is -2.17. The number of rotatable bonds is 3. The van der Waals surface area contributed by atoms with Gasteiger partial charge in [-0.15, -0.1) is 0 Å². The lowest BCUT2D eigenvalue weighted by Crippen LogP contribution is -2.32. The second-order valence-corrected chi connectivity index (χ2v) is 4.40. The summed E-state index contributed by atoms with van der Waals surface area (Å²) in [6, 6.07) is 8.56. The number of carbonyl (C=O) groups excluding carboxylic acids is 2. The molecule has 2 fully saturated rings. The predicted molar refractivity (Wildman–Crippen MR) is 61.6 cm³/mol. The largest absolute Gasteiger partial charge is 0.479 e. The number of nitriles is 1.